The fraction of sp³-hybridized carbons (Fsp3) is 0.188. The summed E-state index contributed by atoms with van der Waals surface area (Å²) < 4.78 is 5.36. The van der Waals surface area contributed by atoms with Gasteiger partial charge in [0.2, 0.25) is 0 Å². The first kappa shape index (κ1) is 13.1. The van der Waals surface area contributed by atoms with E-state index in [9.17, 15) is 4.79 Å². The molecule has 2 rings (SSSR count). The van der Waals surface area contributed by atoms with Gasteiger partial charge in [0.1, 0.15) is 5.75 Å². The lowest BCUT2D eigenvalue weighted by molar-refractivity contribution is -0.122. The number of amides is 1. The van der Waals surface area contributed by atoms with Crippen molar-refractivity contribution in [2.75, 3.05) is 13.7 Å². The molecule has 98 valence electrons. The Bertz CT molecular complexity index is 561. The highest BCUT2D eigenvalue weighted by Gasteiger charge is 2.01. The van der Waals surface area contributed by atoms with Crippen LogP contribution in [0.3, 0.4) is 0 Å². The van der Waals surface area contributed by atoms with Crippen LogP contribution < -0.4 is 10.1 Å². The van der Waals surface area contributed by atoms with Crippen molar-refractivity contribution in [3.8, 4) is 16.9 Å². The summed E-state index contributed by atoms with van der Waals surface area (Å²) in [6.45, 7) is 2.12. The molecule has 2 aromatic rings. The van der Waals surface area contributed by atoms with E-state index in [1.807, 2.05) is 30.3 Å². The minimum Gasteiger partial charge on any atom is -0.484 e. The van der Waals surface area contributed by atoms with Crippen LogP contribution in [0.5, 0.6) is 5.75 Å². The molecule has 0 aliphatic rings. The number of aryl methyl sites for hydroxylation is 1. The molecular weight excluding hydrogens is 238 g/mol. The fourth-order valence-electron chi connectivity index (χ4n) is 1.79. The van der Waals surface area contributed by atoms with Crippen molar-refractivity contribution in [1.29, 1.82) is 0 Å². The molecule has 19 heavy (non-hydrogen) atoms. The van der Waals surface area contributed by atoms with Gasteiger partial charge in [0.05, 0.1) is 0 Å². The van der Waals surface area contributed by atoms with Gasteiger partial charge in [-0.05, 0) is 30.2 Å². The number of carbonyl (C=O) groups is 1. The SMILES string of the molecule is CNC(=O)COc1ccc(-c2cccc(C)c2)cc1. The summed E-state index contributed by atoms with van der Waals surface area (Å²) in [5.41, 5.74) is 3.55. The van der Waals surface area contributed by atoms with E-state index in [1.54, 1.807) is 7.05 Å². The van der Waals surface area contributed by atoms with Gasteiger partial charge in [0.15, 0.2) is 6.61 Å². The summed E-state index contributed by atoms with van der Waals surface area (Å²) in [6.07, 6.45) is 0. The van der Waals surface area contributed by atoms with Crippen LogP contribution in [-0.4, -0.2) is 19.6 Å². The Morgan fingerprint density at radius 2 is 1.84 bits per heavy atom. The Morgan fingerprint density at radius 1 is 1.11 bits per heavy atom. The average Bonchev–Trinajstić information content (AvgIpc) is 2.45. The highest BCUT2D eigenvalue weighted by atomic mass is 16.5. The molecule has 0 radical (unpaired) electrons. The summed E-state index contributed by atoms with van der Waals surface area (Å²) in [4.78, 5) is 11.1. The predicted molar refractivity (Wildman–Crippen MR) is 76.2 cm³/mol. The molecule has 2 aromatic carbocycles. The zero-order valence-electron chi connectivity index (χ0n) is 11.1. The fourth-order valence-corrected chi connectivity index (χ4v) is 1.79. The van der Waals surface area contributed by atoms with E-state index in [2.05, 4.69) is 30.4 Å². The van der Waals surface area contributed by atoms with Gasteiger partial charge in [-0.1, -0.05) is 42.0 Å². The van der Waals surface area contributed by atoms with Gasteiger partial charge in [0.25, 0.3) is 5.91 Å². The van der Waals surface area contributed by atoms with E-state index < -0.39 is 0 Å². The van der Waals surface area contributed by atoms with Crippen LogP contribution in [-0.2, 0) is 4.79 Å². The molecule has 0 saturated heterocycles. The number of likely N-dealkylation sites (N-methyl/N-ethyl adjacent to an activating group) is 1. The molecule has 0 bridgehead atoms. The molecule has 0 fully saturated rings. The minimum atomic E-state index is -0.136. The van der Waals surface area contributed by atoms with Gasteiger partial charge in [-0.15, -0.1) is 0 Å². The topological polar surface area (TPSA) is 38.3 Å². The molecule has 1 amide bonds. The van der Waals surface area contributed by atoms with Crippen molar-refractivity contribution in [3.63, 3.8) is 0 Å². The van der Waals surface area contributed by atoms with Crippen LogP contribution >= 0.6 is 0 Å². The van der Waals surface area contributed by atoms with Crippen LogP contribution in [0, 0.1) is 6.92 Å². The first-order chi connectivity index (χ1) is 9.19. The lowest BCUT2D eigenvalue weighted by Gasteiger charge is -2.07. The van der Waals surface area contributed by atoms with Crippen molar-refractivity contribution in [3.05, 3.63) is 54.1 Å². The van der Waals surface area contributed by atoms with Gasteiger partial charge < -0.3 is 10.1 Å². The van der Waals surface area contributed by atoms with Crippen LogP contribution in [0.1, 0.15) is 5.56 Å². The number of rotatable bonds is 4. The van der Waals surface area contributed by atoms with Gasteiger partial charge in [0, 0.05) is 7.05 Å². The third-order valence-electron chi connectivity index (χ3n) is 2.85. The van der Waals surface area contributed by atoms with Gasteiger partial charge in [-0.25, -0.2) is 0 Å². The third-order valence-corrected chi connectivity index (χ3v) is 2.85. The van der Waals surface area contributed by atoms with E-state index in [-0.39, 0.29) is 12.5 Å². The summed E-state index contributed by atoms with van der Waals surface area (Å²) in [7, 11) is 1.59. The molecule has 3 nitrogen and oxygen atoms in total. The monoisotopic (exact) mass is 255 g/mol. The summed E-state index contributed by atoms with van der Waals surface area (Å²) in [5.74, 6) is 0.558. The Labute approximate surface area is 113 Å². The first-order valence-corrected chi connectivity index (χ1v) is 6.19. The molecule has 3 heteroatoms. The van der Waals surface area contributed by atoms with Gasteiger partial charge in [-0.2, -0.15) is 0 Å². The summed E-state index contributed by atoms with van der Waals surface area (Å²) in [5, 5.41) is 2.51. The van der Waals surface area contributed by atoms with Crippen LogP contribution in [0.2, 0.25) is 0 Å². The Balaban J connectivity index is 2.08. The second kappa shape index (κ2) is 6.05. The largest absolute Gasteiger partial charge is 0.484 e. The van der Waals surface area contributed by atoms with Crippen molar-refractivity contribution in [2.24, 2.45) is 0 Å². The molecule has 0 atom stereocenters. The number of carbonyl (C=O) groups excluding carboxylic acids is 1. The third kappa shape index (κ3) is 3.58. The molecule has 0 aromatic heterocycles. The summed E-state index contributed by atoms with van der Waals surface area (Å²) in [6, 6.07) is 16.1. The molecular formula is C16H17NO2. The minimum absolute atomic E-state index is 0.0420. The smallest absolute Gasteiger partial charge is 0.257 e. The molecule has 0 saturated carbocycles. The number of nitrogens with one attached hydrogen (secondary N) is 1. The zero-order chi connectivity index (χ0) is 13.7. The van der Waals surface area contributed by atoms with Crippen LogP contribution in [0.4, 0.5) is 0 Å². The molecule has 0 spiro atoms. The predicted octanol–water partition coefficient (Wildman–Crippen LogP) is 2.79. The Kier molecular flexibility index (Phi) is 4.18. The van der Waals surface area contributed by atoms with Crippen LogP contribution in [0.25, 0.3) is 11.1 Å². The molecule has 0 aliphatic carbocycles. The lowest BCUT2D eigenvalue weighted by atomic mass is 10.0. The standard InChI is InChI=1S/C16H17NO2/c1-12-4-3-5-14(10-12)13-6-8-15(9-7-13)19-11-16(18)17-2/h3-10H,11H2,1-2H3,(H,17,18). The number of hydrogen-bond acceptors (Lipinski definition) is 2. The van der Waals surface area contributed by atoms with Crippen molar-refractivity contribution >= 4 is 5.91 Å². The maximum Gasteiger partial charge on any atom is 0.257 e. The van der Waals surface area contributed by atoms with E-state index in [0.717, 1.165) is 5.56 Å². The van der Waals surface area contributed by atoms with Crippen molar-refractivity contribution < 1.29 is 9.53 Å². The second-order valence-electron chi connectivity index (χ2n) is 4.36. The Morgan fingerprint density at radius 3 is 2.47 bits per heavy atom. The molecule has 1 N–H and O–H groups in total. The van der Waals surface area contributed by atoms with Gasteiger partial charge >= 0.3 is 0 Å². The second-order valence-corrected chi connectivity index (χ2v) is 4.36. The lowest BCUT2D eigenvalue weighted by Crippen LogP contribution is -2.24. The van der Waals surface area contributed by atoms with E-state index in [1.165, 1.54) is 11.1 Å². The van der Waals surface area contributed by atoms with Crippen molar-refractivity contribution in [1.82, 2.24) is 5.32 Å². The zero-order valence-corrected chi connectivity index (χ0v) is 11.1. The highest BCUT2D eigenvalue weighted by molar-refractivity contribution is 5.77. The molecule has 0 heterocycles. The van der Waals surface area contributed by atoms with Gasteiger partial charge in [-0.3, -0.25) is 4.79 Å². The normalized spacial score (nSPS) is 10.0. The average molecular weight is 255 g/mol. The quantitative estimate of drug-likeness (QED) is 0.912. The van der Waals surface area contributed by atoms with Crippen molar-refractivity contribution in [2.45, 2.75) is 6.92 Å². The van der Waals surface area contributed by atoms with E-state index >= 15 is 0 Å². The molecule has 0 aliphatic heterocycles. The number of benzene rings is 2. The van der Waals surface area contributed by atoms with E-state index in [4.69, 9.17) is 4.74 Å². The number of ether oxygens (including phenoxy) is 1. The van der Waals surface area contributed by atoms with E-state index in [0.29, 0.717) is 5.75 Å². The summed E-state index contributed by atoms with van der Waals surface area (Å²) >= 11 is 0. The Hall–Kier alpha value is -2.29. The highest BCUT2D eigenvalue weighted by Crippen LogP contribution is 2.23. The maximum atomic E-state index is 11.1. The number of hydrogen-bond donors (Lipinski definition) is 1. The first-order valence-electron chi connectivity index (χ1n) is 6.19. The molecule has 0 unspecified atom stereocenters. The van der Waals surface area contributed by atoms with Crippen LogP contribution in [0.15, 0.2) is 48.5 Å². The maximum absolute atomic E-state index is 11.1.